The molecule has 1 aliphatic rings. The molecule has 3 aromatic rings. The number of hydrogen-bond acceptors (Lipinski definition) is 5. The lowest BCUT2D eigenvalue weighted by Gasteiger charge is -2.26. The van der Waals surface area contributed by atoms with Gasteiger partial charge in [-0.05, 0) is 17.7 Å². The molecule has 2 amide bonds. The summed E-state index contributed by atoms with van der Waals surface area (Å²) in [6.45, 7) is 0. The summed E-state index contributed by atoms with van der Waals surface area (Å²) in [7, 11) is 1.69. The Morgan fingerprint density at radius 3 is 2.68 bits per heavy atom. The maximum atomic E-state index is 13.2. The molecule has 1 aliphatic heterocycles. The summed E-state index contributed by atoms with van der Waals surface area (Å²) in [5.41, 5.74) is 1.70. The Morgan fingerprint density at radius 1 is 1.18 bits per heavy atom. The molecule has 0 unspecified atom stereocenters. The Labute approximate surface area is 166 Å². The van der Waals surface area contributed by atoms with Gasteiger partial charge in [-0.1, -0.05) is 42.5 Å². The zero-order chi connectivity index (χ0) is 19.5. The third-order valence-corrected chi connectivity index (χ3v) is 5.44. The highest BCUT2D eigenvalue weighted by Crippen LogP contribution is 2.33. The molecule has 4 rings (SSSR count). The molecule has 0 radical (unpaired) electrons. The van der Waals surface area contributed by atoms with Gasteiger partial charge in [-0.3, -0.25) is 9.59 Å². The Morgan fingerprint density at radius 2 is 1.93 bits per heavy atom. The monoisotopic (exact) mass is 393 g/mol. The molecule has 0 aliphatic carbocycles. The topological polar surface area (TPSA) is 71.5 Å². The third kappa shape index (κ3) is 3.61. The lowest BCUT2D eigenvalue weighted by atomic mass is 10.0. The van der Waals surface area contributed by atoms with Gasteiger partial charge in [0.05, 0.1) is 5.69 Å². The van der Waals surface area contributed by atoms with Crippen molar-refractivity contribution in [2.24, 2.45) is 0 Å². The molecule has 0 saturated heterocycles. The van der Waals surface area contributed by atoms with Crippen LogP contribution in [0.5, 0.6) is 5.75 Å². The maximum absolute atomic E-state index is 13.2. The number of rotatable bonds is 4. The predicted octanol–water partition coefficient (Wildman–Crippen LogP) is 2.91. The number of nitrogens with zero attached hydrogens (tertiary/aromatic N) is 2. The molecular weight excluding hydrogens is 374 g/mol. The average Bonchev–Trinajstić information content (AvgIpc) is 3.24. The average molecular weight is 393 g/mol. The van der Waals surface area contributed by atoms with E-state index in [1.807, 2.05) is 54.6 Å². The summed E-state index contributed by atoms with van der Waals surface area (Å²) < 4.78 is 6.24. The second-order valence-corrected chi connectivity index (χ2v) is 7.39. The first-order valence-corrected chi connectivity index (χ1v) is 9.79. The van der Waals surface area contributed by atoms with Gasteiger partial charge in [0, 0.05) is 25.0 Å². The minimum absolute atomic E-state index is 0.226. The molecule has 2 aromatic carbocycles. The number of anilines is 1. The molecular formula is C21H19N3O3S. The molecule has 142 valence electrons. The summed E-state index contributed by atoms with van der Waals surface area (Å²) in [4.78, 5) is 31.4. The second-order valence-electron chi connectivity index (χ2n) is 6.50. The first-order chi connectivity index (χ1) is 13.6. The van der Waals surface area contributed by atoms with Crippen LogP contribution in [0.2, 0.25) is 0 Å². The number of amides is 2. The van der Waals surface area contributed by atoms with Crippen molar-refractivity contribution in [1.82, 2.24) is 10.3 Å². The number of ether oxygens (including phenoxy) is 1. The van der Waals surface area contributed by atoms with Gasteiger partial charge in [-0.15, -0.1) is 11.3 Å². The Hall–Kier alpha value is -3.19. The van der Waals surface area contributed by atoms with Crippen LogP contribution in [-0.2, 0) is 11.2 Å². The van der Waals surface area contributed by atoms with Crippen LogP contribution in [0.15, 0.2) is 66.2 Å². The van der Waals surface area contributed by atoms with Gasteiger partial charge in [0.1, 0.15) is 17.9 Å². The molecule has 7 heteroatoms. The SMILES string of the molecule is CN1C(=O)[C@@H](NC(=O)c2nccs2)[C@H](Cc2ccccc2)Oc2ccccc21. The molecule has 0 bridgehead atoms. The molecule has 2 heterocycles. The Kier molecular flexibility index (Phi) is 5.08. The predicted molar refractivity (Wildman–Crippen MR) is 108 cm³/mol. The van der Waals surface area contributed by atoms with E-state index in [0.717, 1.165) is 5.56 Å². The maximum Gasteiger partial charge on any atom is 0.281 e. The van der Waals surface area contributed by atoms with Crippen LogP contribution >= 0.6 is 11.3 Å². The minimum atomic E-state index is -0.839. The summed E-state index contributed by atoms with van der Waals surface area (Å²) >= 11 is 1.23. The molecule has 1 aromatic heterocycles. The summed E-state index contributed by atoms with van der Waals surface area (Å²) in [6.07, 6.45) is 1.50. The van der Waals surface area contributed by atoms with Gasteiger partial charge >= 0.3 is 0 Å². The number of carbonyl (C=O) groups excluding carboxylic acids is 2. The zero-order valence-corrected chi connectivity index (χ0v) is 16.1. The van der Waals surface area contributed by atoms with Crippen LogP contribution in [0.4, 0.5) is 5.69 Å². The fourth-order valence-electron chi connectivity index (χ4n) is 3.25. The Balaban J connectivity index is 1.69. The van der Waals surface area contributed by atoms with E-state index in [1.165, 1.54) is 16.2 Å². The van der Waals surface area contributed by atoms with Gasteiger partial charge in [-0.25, -0.2) is 4.98 Å². The molecule has 2 atom stereocenters. The van der Waals surface area contributed by atoms with Gasteiger partial charge < -0.3 is 15.0 Å². The normalized spacial score (nSPS) is 18.8. The number of fused-ring (bicyclic) bond motifs is 1. The number of thiazole rings is 1. The second kappa shape index (κ2) is 7.82. The Bertz CT molecular complexity index is 976. The first kappa shape index (κ1) is 18.2. The number of aromatic nitrogens is 1. The lowest BCUT2D eigenvalue weighted by molar-refractivity contribution is -0.121. The summed E-state index contributed by atoms with van der Waals surface area (Å²) in [5.74, 6) is 0.00966. The zero-order valence-electron chi connectivity index (χ0n) is 15.2. The van der Waals surface area contributed by atoms with Crippen LogP contribution in [0, 0.1) is 0 Å². The number of nitrogens with one attached hydrogen (secondary N) is 1. The fraction of sp³-hybridized carbons (Fsp3) is 0.190. The van der Waals surface area contributed by atoms with Crippen molar-refractivity contribution in [3.63, 3.8) is 0 Å². The third-order valence-electron chi connectivity index (χ3n) is 4.67. The molecule has 0 fully saturated rings. The van der Waals surface area contributed by atoms with E-state index in [9.17, 15) is 9.59 Å². The van der Waals surface area contributed by atoms with Crippen molar-refractivity contribution in [1.29, 1.82) is 0 Å². The number of likely N-dealkylation sites (N-methyl/N-ethyl adjacent to an activating group) is 1. The van der Waals surface area contributed by atoms with Crippen LogP contribution in [0.1, 0.15) is 15.4 Å². The van der Waals surface area contributed by atoms with Crippen LogP contribution in [0.3, 0.4) is 0 Å². The quantitative estimate of drug-likeness (QED) is 0.740. The first-order valence-electron chi connectivity index (χ1n) is 8.91. The number of carbonyl (C=O) groups is 2. The van der Waals surface area contributed by atoms with Crippen LogP contribution in [0.25, 0.3) is 0 Å². The van der Waals surface area contributed by atoms with Gasteiger partial charge in [0.15, 0.2) is 5.01 Å². The van der Waals surface area contributed by atoms with Crippen molar-refractivity contribution >= 4 is 28.8 Å². The molecule has 1 N–H and O–H groups in total. The molecule has 0 saturated carbocycles. The number of para-hydroxylation sites is 2. The van der Waals surface area contributed by atoms with E-state index in [2.05, 4.69) is 10.3 Å². The highest BCUT2D eigenvalue weighted by atomic mass is 32.1. The van der Waals surface area contributed by atoms with Crippen molar-refractivity contribution in [2.75, 3.05) is 11.9 Å². The fourth-order valence-corrected chi connectivity index (χ4v) is 3.79. The standard InChI is InChI=1S/C21H19N3O3S/c1-24-15-9-5-6-10-16(15)27-17(13-14-7-3-2-4-8-14)18(21(24)26)23-19(25)20-22-11-12-28-20/h2-12,17-18H,13H2,1H3,(H,23,25)/t17-,18-/m0/s1. The highest BCUT2D eigenvalue weighted by Gasteiger charge is 2.38. The minimum Gasteiger partial charge on any atom is -0.485 e. The van der Waals surface area contributed by atoms with Crippen molar-refractivity contribution in [3.05, 3.63) is 76.7 Å². The molecule has 6 nitrogen and oxygen atoms in total. The highest BCUT2D eigenvalue weighted by molar-refractivity contribution is 7.11. The van der Waals surface area contributed by atoms with Gasteiger partial charge in [-0.2, -0.15) is 0 Å². The van der Waals surface area contributed by atoms with Crippen molar-refractivity contribution in [2.45, 2.75) is 18.6 Å². The molecule has 28 heavy (non-hydrogen) atoms. The lowest BCUT2D eigenvalue weighted by Crippen LogP contribution is -2.54. The van der Waals surface area contributed by atoms with E-state index < -0.39 is 12.1 Å². The van der Waals surface area contributed by atoms with Gasteiger partial charge in [0.25, 0.3) is 11.8 Å². The van der Waals surface area contributed by atoms with E-state index in [4.69, 9.17) is 4.74 Å². The van der Waals surface area contributed by atoms with Crippen molar-refractivity contribution < 1.29 is 14.3 Å². The van der Waals surface area contributed by atoms with Crippen LogP contribution < -0.4 is 15.0 Å². The van der Waals surface area contributed by atoms with Gasteiger partial charge in [0.2, 0.25) is 0 Å². The summed E-state index contributed by atoms with van der Waals surface area (Å²) in [5, 5.41) is 4.88. The number of hydrogen-bond donors (Lipinski definition) is 1. The number of benzene rings is 2. The van der Waals surface area contributed by atoms with E-state index >= 15 is 0 Å². The van der Waals surface area contributed by atoms with Crippen molar-refractivity contribution in [3.8, 4) is 5.75 Å². The largest absolute Gasteiger partial charge is 0.485 e. The molecule has 0 spiro atoms. The summed E-state index contributed by atoms with van der Waals surface area (Å²) in [6, 6.07) is 16.3. The van der Waals surface area contributed by atoms with E-state index in [0.29, 0.717) is 22.9 Å². The van der Waals surface area contributed by atoms with Crippen LogP contribution in [-0.4, -0.2) is 36.0 Å². The van der Waals surface area contributed by atoms with E-state index in [1.54, 1.807) is 18.6 Å². The van der Waals surface area contributed by atoms with E-state index in [-0.39, 0.29) is 11.8 Å². The smallest absolute Gasteiger partial charge is 0.281 e.